The Morgan fingerprint density at radius 1 is 1.12 bits per heavy atom. The summed E-state index contributed by atoms with van der Waals surface area (Å²) in [6, 6.07) is 13.8. The van der Waals surface area contributed by atoms with Crippen molar-refractivity contribution in [3.05, 3.63) is 47.1 Å². The fourth-order valence-electron chi connectivity index (χ4n) is 1.46. The summed E-state index contributed by atoms with van der Waals surface area (Å²) < 4.78 is 6.24. The van der Waals surface area contributed by atoms with Crippen LogP contribution in [0.2, 0.25) is 0 Å². The molecule has 0 atom stereocenters. The molecule has 0 aliphatic rings. The molecule has 0 fully saturated rings. The topological polar surface area (TPSA) is 22.1 Å². The standard InChI is InChI=1S/C13H12BrNO/c1-2-16-11-8-6-10(7-9-11)12-4-3-5-13(14)15-12/h3-9H,2H2,1H3. The van der Waals surface area contributed by atoms with Crippen LogP contribution in [0.3, 0.4) is 0 Å². The van der Waals surface area contributed by atoms with Gasteiger partial charge in [0.05, 0.1) is 12.3 Å². The molecule has 2 nitrogen and oxygen atoms in total. The zero-order valence-electron chi connectivity index (χ0n) is 8.98. The van der Waals surface area contributed by atoms with Gasteiger partial charge in [0.1, 0.15) is 10.4 Å². The molecule has 1 heterocycles. The first-order chi connectivity index (χ1) is 7.79. The molecule has 3 heteroatoms. The van der Waals surface area contributed by atoms with Gasteiger partial charge in [-0.3, -0.25) is 0 Å². The summed E-state index contributed by atoms with van der Waals surface area (Å²) in [4.78, 5) is 4.39. The Balaban J connectivity index is 2.27. The van der Waals surface area contributed by atoms with Gasteiger partial charge in [0.2, 0.25) is 0 Å². The molecule has 1 aromatic heterocycles. The van der Waals surface area contributed by atoms with E-state index >= 15 is 0 Å². The second-order valence-corrected chi connectivity index (χ2v) is 4.12. The molecule has 1 aromatic carbocycles. The molecule has 0 saturated carbocycles. The van der Waals surface area contributed by atoms with Crippen molar-refractivity contribution in [2.45, 2.75) is 6.92 Å². The summed E-state index contributed by atoms with van der Waals surface area (Å²) in [5.41, 5.74) is 2.04. The van der Waals surface area contributed by atoms with Gasteiger partial charge in [0, 0.05) is 5.56 Å². The monoisotopic (exact) mass is 277 g/mol. The van der Waals surface area contributed by atoms with Crippen LogP contribution in [-0.2, 0) is 0 Å². The predicted molar refractivity (Wildman–Crippen MR) is 68.5 cm³/mol. The van der Waals surface area contributed by atoms with E-state index in [9.17, 15) is 0 Å². The van der Waals surface area contributed by atoms with E-state index in [-0.39, 0.29) is 0 Å². The molecule has 0 unspecified atom stereocenters. The maximum absolute atomic E-state index is 5.39. The first-order valence-electron chi connectivity index (χ1n) is 5.15. The minimum absolute atomic E-state index is 0.689. The van der Waals surface area contributed by atoms with Crippen LogP contribution in [0.5, 0.6) is 5.75 Å². The molecular formula is C13H12BrNO. The number of pyridine rings is 1. The van der Waals surface area contributed by atoms with Gasteiger partial charge in [-0.2, -0.15) is 0 Å². The van der Waals surface area contributed by atoms with E-state index in [2.05, 4.69) is 20.9 Å². The number of hydrogen-bond acceptors (Lipinski definition) is 2. The molecule has 0 spiro atoms. The highest BCUT2D eigenvalue weighted by molar-refractivity contribution is 9.10. The Morgan fingerprint density at radius 2 is 1.88 bits per heavy atom. The highest BCUT2D eigenvalue weighted by Gasteiger charge is 2.00. The van der Waals surface area contributed by atoms with E-state index in [0.29, 0.717) is 6.61 Å². The number of rotatable bonds is 3. The van der Waals surface area contributed by atoms with Crippen LogP contribution in [0.1, 0.15) is 6.92 Å². The van der Waals surface area contributed by atoms with E-state index in [1.165, 1.54) is 0 Å². The summed E-state index contributed by atoms with van der Waals surface area (Å²) in [6.07, 6.45) is 0. The third-order valence-electron chi connectivity index (χ3n) is 2.18. The minimum Gasteiger partial charge on any atom is -0.494 e. The normalized spacial score (nSPS) is 10.1. The summed E-state index contributed by atoms with van der Waals surface area (Å²) >= 11 is 3.36. The Hall–Kier alpha value is -1.35. The van der Waals surface area contributed by atoms with Crippen molar-refractivity contribution in [2.24, 2.45) is 0 Å². The van der Waals surface area contributed by atoms with E-state index in [1.807, 2.05) is 49.4 Å². The summed E-state index contributed by atoms with van der Waals surface area (Å²) in [5, 5.41) is 0. The lowest BCUT2D eigenvalue weighted by Crippen LogP contribution is -1.91. The lowest BCUT2D eigenvalue weighted by molar-refractivity contribution is 0.340. The van der Waals surface area contributed by atoms with Crippen LogP contribution in [-0.4, -0.2) is 11.6 Å². The molecular weight excluding hydrogens is 266 g/mol. The lowest BCUT2D eigenvalue weighted by Gasteiger charge is -2.04. The van der Waals surface area contributed by atoms with Crippen LogP contribution in [0.25, 0.3) is 11.3 Å². The van der Waals surface area contributed by atoms with Crippen LogP contribution < -0.4 is 4.74 Å². The van der Waals surface area contributed by atoms with Crippen LogP contribution >= 0.6 is 15.9 Å². The smallest absolute Gasteiger partial charge is 0.119 e. The number of hydrogen-bond donors (Lipinski definition) is 0. The zero-order valence-corrected chi connectivity index (χ0v) is 10.6. The largest absolute Gasteiger partial charge is 0.494 e. The Kier molecular flexibility index (Phi) is 3.57. The van der Waals surface area contributed by atoms with E-state index in [1.54, 1.807) is 0 Å². The van der Waals surface area contributed by atoms with Crippen molar-refractivity contribution < 1.29 is 4.74 Å². The second-order valence-electron chi connectivity index (χ2n) is 3.30. The number of nitrogens with zero attached hydrogens (tertiary/aromatic N) is 1. The van der Waals surface area contributed by atoms with Gasteiger partial charge in [-0.05, 0) is 59.3 Å². The maximum atomic E-state index is 5.39. The quantitative estimate of drug-likeness (QED) is 0.794. The molecule has 0 saturated heterocycles. The van der Waals surface area contributed by atoms with Crippen molar-refractivity contribution in [3.8, 4) is 17.0 Å². The van der Waals surface area contributed by atoms with Gasteiger partial charge < -0.3 is 4.74 Å². The molecule has 16 heavy (non-hydrogen) atoms. The van der Waals surface area contributed by atoms with Gasteiger partial charge in [0.25, 0.3) is 0 Å². The third kappa shape index (κ3) is 2.61. The lowest BCUT2D eigenvalue weighted by atomic mass is 10.1. The van der Waals surface area contributed by atoms with Crippen molar-refractivity contribution in [2.75, 3.05) is 6.61 Å². The van der Waals surface area contributed by atoms with Crippen LogP contribution in [0.15, 0.2) is 47.1 Å². The fourth-order valence-corrected chi connectivity index (χ4v) is 1.80. The van der Waals surface area contributed by atoms with Crippen molar-refractivity contribution in [1.82, 2.24) is 4.98 Å². The highest BCUT2D eigenvalue weighted by Crippen LogP contribution is 2.22. The summed E-state index contributed by atoms with van der Waals surface area (Å²) in [5.74, 6) is 0.890. The molecule has 82 valence electrons. The van der Waals surface area contributed by atoms with Gasteiger partial charge in [-0.1, -0.05) is 6.07 Å². The van der Waals surface area contributed by atoms with Crippen molar-refractivity contribution in [1.29, 1.82) is 0 Å². The average Bonchev–Trinajstić information content (AvgIpc) is 2.30. The number of ether oxygens (including phenoxy) is 1. The molecule has 0 radical (unpaired) electrons. The average molecular weight is 278 g/mol. The van der Waals surface area contributed by atoms with Gasteiger partial charge in [-0.25, -0.2) is 4.98 Å². The first-order valence-corrected chi connectivity index (χ1v) is 5.94. The molecule has 2 rings (SSSR count). The molecule has 0 N–H and O–H groups in total. The van der Waals surface area contributed by atoms with E-state index < -0.39 is 0 Å². The predicted octanol–water partition coefficient (Wildman–Crippen LogP) is 3.91. The number of halogens is 1. The maximum Gasteiger partial charge on any atom is 0.119 e. The molecule has 2 aromatic rings. The van der Waals surface area contributed by atoms with Crippen LogP contribution in [0.4, 0.5) is 0 Å². The van der Waals surface area contributed by atoms with Gasteiger partial charge >= 0.3 is 0 Å². The third-order valence-corrected chi connectivity index (χ3v) is 2.62. The second kappa shape index (κ2) is 5.12. The van der Waals surface area contributed by atoms with Gasteiger partial charge in [0.15, 0.2) is 0 Å². The Morgan fingerprint density at radius 3 is 2.50 bits per heavy atom. The van der Waals surface area contributed by atoms with E-state index in [4.69, 9.17) is 4.74 Å². The minimum atomic E-state index is 0.689. The Bertz CT molecular complexity index is 468. The summed E-state index contributed by atoms with van der Waals surface area (Å²) in [7, 11) is 0. The molecule has 0 amide bonds. The SMILES string of the molecule is CCOc1ccc(-c2cccc(Br)n2)cc1. The fraction of sp³-hybridized carbons (Fsp3) is 0.154. The molecule has 0 aliphatic heterocycles. The van der Waals surface area contributed by atoms with Gasteiger partial charge in [-0.15, -0.1) is 0 Å². The van der Waals surface area contributed by atoms with Crippen molar-refractivity contribution in [3.63, 3.8) is 0 Å². The highest BCUT2D eigenvalue weighted by atomic mass is 79.9. The zero-order chi connectivity index (χ0) is 11.4. The number of aromatic nitrogens is 1. The van der Waals surface area contributed by atoms with E-state index in [0.717, 1.165) is 21.6 Å². The van der Waals surface area contributed by atoms with Crippen LogP contribution in [0, 0.1) is 0 Å². The molecule has 0 bridgehead atoms. The Labute approximate surface area is 103 Å². The molecule has 0 aliphatic carbocycles. The van der Waals surface area contributed by atoms with Crippen molar-refractivity contribution >= 4 is 15.9 Å². The first kappa shape index (κ1) is 11.1. The summed E-state index contributed by atoms with van der Waals surface area (Å²) in [6.45, 7) is 2.66. The number of benzene rings is 1.